The number of aliphatic carboxylic acids is 1. The van der Waals surface area contributed by atoms with Crippen molar-refractivity contribution in [3.63, 3.8) is 0 Å². The second kappa shape index (κ2) is 6.55. The molecule has 0 radical (unpaired) electrons. The number of rotatable bonds is 4. The van der Waals surface area contributed by atoms with Gasteiger partial charge in [-0.2, -0.15) is 0 Å². The number of benzene rings is 2. The molecule has 0 aliphatic rings. The summed E-state index contributed by atoms with van der Waals surface area (Å²) in [7, 11) is 0. The molecule has 1 unspecified atom stereocenters. The highest BCUT2D eigenvalue weighted by Gasteiger charge is 2.30. The molecule has 0 saturated carbocycles. The summed E-state index contributed by atoms with van der Waals surface area (Å²) in [6.07, 6.45) is 0. The van der Waals surface area contributed by atoms with E-state index in [9.17, 15) is 14.7 Å². The van der Waals surface area contributed by atoms with Crippen molar-refractivity contribution >= 4 is 44.4 Å². The van der Waals surface area contributed by atoms with Crippen LogP contribution in [-0.2, 0) is 4.79 Å². The monoisotopic (exact) mass is 380 g/mol. The molecule has 4 N–H and O–H groups in total. The van der Waals surface area contributed by atoms with Crippen LogP contribution in [0.3, 0.4) is 0 Å². The third-order valence-corrected chi connectivity index (χ3v) is 4.14. The molecule has 0 aliphatic carbocycles. The van der Waals surface area contributed by atoms with Crippen molar-refractivity contribution in [1.82, 2.24) is 5.32 Å². The molecular weight excluding hydrogens is 364 g/mol. The first-order valence-corrected chi connectivity index (χ1v) is 7.70. The Morgan fingerprint density at radius 1 is 1.26 bits per heavy atom. The lowest BCUT2D eigenvalue weighted by atomic mass is 10.0. The molecule has 0 saturated heterocycles. The summed E-state index contributed by atoms with van der Waals surface area (Å²) in [5, 5.41) is 25.3. The maximum atomic E-state index is 12.0. The fraction of sp³-hybridized carbons (Fsp3) is 0.250. The second-order valence-corrected chi connectivity index (χ2v) is 6.34. The van der Waals surface area contributed by atoms with Crippen LogP contribution in [0.5, 0.6) is 0 Å². The van der Waals surface area contributed by atoms with Gasteiger partial charge in [0.25, 0.3) is 0 Å². The summed E-state index contributed by atoms with van der Waals surface area (Å²) in [5.41, 5.74) is -0.527. The standard InChI is InChI=1S/C16H17BrN2O4/c1-9-7-12(17)10-5-3-4-6-11(10)13(9)19-15(22)18-8-16(2,23)14(20)21/h3-7,23H,8H2,1-2H3,(H,20,21)(H2,18,19,22). The normalized spacial score (nSPS) is 13.4. The quantitative estimate of drug-likeness (QED) is 0.655. The summed E-state index contributed by atoms with van der Waals surface area (Å²) in [6.45, 7) is 2.58. The highest BCUT2D eigenvalue weighted by molar-refractivity contribution is 9.10. The van der Waals surface area contributed by atoms with Gasteiger partial charge in [-0.3, -0.25) is 0 Å². The smallest absolute Gasteiger partial charge is 0.337 e. The van der Waals surface area contributed by atoms with Gasteiger partial charge in [0, 0.05) is 9.86 Å². The van der Waals surface area contributed by atoms with Crippen LogP contribution in [0.1, 0.15) is 12.5 Å². The topological polar surface area (TPSA) is 98.7 Å². The van der Waals surface area contributed by atoms with E-state index in [1.807, 2.05) is 37.3 Å². The number of nitrogens with one attached hydrogen (secondary N) is 2. The molecule has 2 aromatic rings. The van der Waals surface area contributed by atoms with Crippen LogP contribution in [-0.4, -0.2) is 34.4 Å². The van der Waals surface area contributed by atoms with Gasteiger partial charge in [-0.15, -0.1) is 0 Å². The minimum atomic E-state index is -2.02. The molecule has 2 aromatic carbocycles. The number of anilines is 1. The van der Waals surface area contributed by atoms with Crippen LogP contribution in [0.25, 0.3) is 10.8 Å². The average Bonchev–Trinajstić information content (AvgIpc) is 2.49. The van der Waals surface area contributed by atoms with Gasteiger partial charge in [-0.05, 0) is 30.9 Å². The number of urea groups is 1. The zero-order valence-electron chi connectivity index (χ0n) is 12.7. The highest BCUT2D eigenvalue weighted by atomic mass is 79.9. The van der Waals surface area contributed by atoms with Crippen LogP contribution in [0.15, 0.2) is 34.8 Å². The molecule has 7 heteroatoms. The van der Waals surface area contributed by atoms with E-state index in [-0.39, 0.29) is 0 Å². The van der Waals surface area contributed by atoms with Gasteiger partial charge >= 0.3 is 12.0 Å². The van der Waals surface area contributed by atoms with Gasteiger partial charge in [0.1, 0.15) is 0 Å². The zero-order chi connectivity index (χ0) is 17.2. The predicted molar refractivity (Wildman–Crippen MR) is 91.7 cm³/mol. The number of aliphatic hydroxyl groups is 1. The van der Waals surface area contributed by atoms with E-state index < -0.39 is 24.1 Å². The lowest BCUT2D eigenvalue weighted by Crippen LogP contribution is -2.47. The Balaban J connectivity index is 2.22. The van der Waals surface area contributed by atoms with Crippen molar-refractivity contribution in [2.24, 2.45) is 0 Å². The van der Waals surface area contributed by atoms with Gasteiger partial charge in [0.05, 0.1) is 12.2 Å². The van der Waals surface area contributed by atoms with Crippen LogP contribution in [0.2, 0.25) is 0 Å². The summed E-state index contributed by atoms with van der Waals surface area (Å²) >= 11 is 3.49. The van der Waals surface area contributed by atoms with Crippen molar-refractivity contribution < 1.29 is 19.8 Å². The Kier molecular flexibility index (Phi) is 4.91. The van der Waals surface area contributed by atoms with Crippen molar-refractivity contribution in [3.8, 4) is 0 Å². The van der Waals surface area contributed by atoms with Crippen LogP contribution in [0.4, 0.5) is 10.5 Å². The van der Waals surface area contributed by atoms with Crippen LogP contribution in [0, 0.1) is 6.92 Å². The van der Waals surface area contributed by atoms with E-state index in [0.717, 1.165) is 27.7 Å². The number of hydrogen-bond donors (Lipinski definition) is 4. The Morgan fingerprint density at radius 2 is 1.87 bits per heavy atom. The largest absolute Gasteiger partial charge is 0.479 e. The van der Waals surface area contributed by atoms with Gasteiger partial charge in [0.15, 0.2) is 5.60 Å². The molecule has 0 spiro atoms. The lowest BCUT2D eigenvalue weighted by molar-refractivity contribution is -0.155. The van der Waals surface area contributed by atoms with E-state index in [2.05, 4.69) is 26.6 Å². The number of carbonyl (C=O) groups excluding carboxylic acids is 1. The highest BCUT2D eigenvalue weighted by Crippen LogP contribution is 2.33. The first kappa shape index (κ1) is 17.2. The van der Waals surface area contributed by atoms with Crippen molar-refractivity contribution in [1.29, 1.82) is 0 Å². The van der Waals surface area contributed by atoms with Crippen LogP contribution >= 0.6 is 15.9 Å². The summed E-state index contributed by atoms with van der Waals surface area (Å²) in [5.74, 6) is -1.40. The number of hydrogen-bond acceptors (Lipinski definition) is 3. The van der Waals surface area contributed by atoms with Gasteiger partial charge in [-0.1, -0.05) is 40.2 Å². The molecular formula is C16H17BrN2O4. The van der Waals surface area contributed by atoms with E-state index in [1.54, 1.807) is 0 Å². The number of carbonyl (C=O) groups is 2. The fourth-order valence-electron chi connectivity index (χ4n) is 2.11. The Hall–Kier alpha value is -2.12. The first-order chi connectivity index (χ1) is 10.7. The molecule has 2 rings (SSSR count). The minimum absolute atomic E-state index is 0.401. The molecule has 0 fully saturated rings. The first-order valence-electron chi connectivity index (χ1n) is 6.91. The maximum Gasteiger partial charge on any atom is 0.337 e. The summed E-state index contributed by atoms with van der Waals surface area (Å²) < 4.78 is 0.922. The van der Waals surface area contributed by atoms with Crippen molar-refractivity contribution in [2.45, 2.75) is 19.4 Å². The molecule has 0 bridgehead atoms. The Labute approximate surface area is 141 Å². The average molecular weight is 381 g/mol. The fourth-order valence-corrected chi connectivity index (χ4v) is 2.80. The Morgan fingerprint density at radius 3 is 2.48 bits per heavy atom. The third-order valence-electron chi connectivity index (χ3n) is 3.48. The van der Waals surface area contributed by atoms with Crippen molar-refractivity contribution in [2.75, 3.05) is 11.9 Å². The summed E-state index contributed by atoms with van der Waals surface area (Å²) in [6, 6.07) is 8.89. The molecule has 122 valence electrons. The second-order valence-electron chi connectivity index (χ2n) is 5.48. The molecule has 6 nitrogen and oxygen atoms in total. The number of halogens is 1. The molecule has 0 aromatic heterocycles. The van der Waals surface area contributed by atoms with Crippen LogP contribution < -0.4 is 10.6 Å². The number of carboxylic acids is 1. The minimum Gasteiger partial charge on any atom is -0.479 e. The zero-order valence-corrected chi connectivity index (χ0v) is 14.3. The predicted octanol–water partition coefficient (Wildman–Crippen LogP) is 2.87. The Bertz CT molecular complexity index is 774. The molecule has 1 atom stereocenters. The number of aryl methyl sites for hydroxylation is 1. The third kappa shape index (κ3) is 3.80. The molecule has 2 amide bonds. The SMILES string of the molecule is Cc1cc(Br)c2ccccc2c1NC(=O)NCC(C)(O)C(=O)O. The van der Waals surface area contributed by atoms with E-state index in [0.29, 0.717) is 5.69 Å². The molecule has 0 aliphatic heterocycles. The molecule has 23 heavy (non-hydrogen) atoms. The number of amides is 2. The van der Waals surface area contributed by atoms with Crippen molar-refractivity contribution in [3.05, 3.63) is 40.4 Å². The lowest BCUT2D eigenvalue weighted by Gasteiger charge is -2.19. The maximum absolute atomic E-state index is 12.0. The van der Waals surface area contributed by atoms with E-state index >= 15 is 0 Å². The molecule has 0 heterocycles. The van der Waals surface area contributed by atoms with Gasteiger partial charge < -0.3 is 20.8 Å². The van der Waals surface area contributed by atoms with Gasteiger partial charge in [0.2, 0.25) is 0 Å². The van der Waals surface area contributed by atoms with E-state index in [1.165, 1.54) is 0 Å². The number of fused-ring (bicyclic) bond motifs is 1. The van der Waals surface area contributed by atoms with Gasteiger partial charge in [-0.25, -0.2) is 9.59 Å². The summed E-state index contributed by atoms with van der Waals surface area (Å²) in [4.78, 5) is 22.9. The number of carboxylic acid groups (broad SMARTS) is 1. The van der Waals surface area contributed by atoms with E-state index in [4.69, 9.17) is 5.11 Å².